The van der Waals surface area contributed by atoms with Crippen molar-refractivity contribution in [1.82, 2.24) is 20.6 Å². The highest BCUT2D eigenvalue weighted by atomic mass is 16.5. The van der Waals surface area contributed by atoms with Crippen LogP contribution in [-0.2, 0) is 9.53 Å². The van der Waals surface area contributed by atoms with E-state index >= 15 is 0 Å². The van der Waals surface area contributed by atoms with E-state index < -0.39 is 12.1 Å². The van der Waals surface area contributed by atoms with Gasteiger partial charge < -0.3 is 9.84 Å². The van der Waals surface area contributed by atoms with E-state index in [1.54, 1.807) is 0 Å². The Kier molecular flexibility index (Phi) is 2.12. The average Bonchev–Trinajstić information content (AvgIpc) is 2.53. The first-order chi connectivity index (χ1) is 5.25. The van der Waals surface area contributed by atoms with Crippen molar-refractivity contribution in [3.8, 4) is 0 Å². The summed E-state index contributed by atoms with van der Waals surface area (Å²) in [6, 6.07) is 0. The largest absolute Gasteiger partial charge is 0.467 e. The fourth-order valence-electron chi connectivity index (χ4n) is 0.502. The van der Waals surface area contributed by atoms with Crippen molar-refractivity contribution in [2.24, 2.45) is 0 Å². The lowest BCUT2D eigenvalue weighted by Crippen LogP contribution is -2.14. The Hall–Kier alpha value is -1.50. The lowest BCUT2D eigenvalue weighted by Gasteiger charge is -2.00. The Morgan fingerprint density at radius 3 is 3.00 bits per heavy atom. The van der Waals surface area contributed by atoms with Gasteiger partial charge in [0.25, 0.3) is 0 Å². The molecule has 60 valence electrons. The number of aliphatic hydroxyl groups is 1. The average molecular weight is 158 g/mol. The number of aromatic amines is 1. The molecule has 1 heterocycles. The second-order valence-corrected chi connectivity index (χ2v) is 1.70. The molecule has 0 bridgehead atoms. The number of tetrazole rings is 1. The van der Waals surface area contributed by atoms with Crippen molar-refractivity contribution in [1.29, 1.82) is 0 Å². The summed E-state index contributed by atoms with van der Waals surface area (Å²) in [5.74, 6) is -0.914. The standard InChI is InChI=1S/C4H6N4O3/c1-11-4(10)2(9)3-5-7-8-6-3/h2,9H,1H3,(H,5,6,7,8). The van der Waals surface area contributed by atoms with Crippen LogP contribution >= 0.6 is 0 Å². The minimum Gasteiger partial charge on any atom is -0.467 e. The van der Waals surface area contributed by atoms with E-state index in [0.717, 1.165) is 7.11 Å². The molecule has 0 radical (unpaired) electrons. The smallest absolute Gasteiger partial charge is 0.342 e. The van der Waals surface area contributed by atoms with Crippen LogP contribution in [0.1, 0.15) is 11.9 Å². The van der Waals surface area contributed by atoms with Crippen LogP contribution in [0.3, 0.4) is 0 Å². The predicted molar refractivity (Wildman–Crippen MR) is 31.2 cm³/mol. The Morgan fingerprint density at radius 2 is 2.55 bits per heavy atom. The van der Waals surface area contributed by atoms with Gasteiger partial charge >= 0.3 is 5.97 Å². The highest BCUT2D eigenvalue weighted by Crippen LogP contribution is 2.05. The van der Waals surface area contributed by atoms with Gasteiger partial charge in [0.1, 0.15) is 0 Å². The monoisotopic (exact) mass is 158 g/mol. The van der Waals surface area contributed by atoms with Crippen LogP contribution in [0.25, 0.3) is 0 Å². The van der Waals surface area contributed by atoms with Gasteiger partial charge in [-0.1, -0.05) is 5.21 Å². The number of rotatable bonds is 2. The van der Waals surface area contributed by atoms with Gasteiger partial charge in [0.05, 0.1) is 7.11 Å². The number of aliphatic hydroxyl groups excluding tert-OH is 1. The van der Waals surface area contributed by atoms with Gasteiger partial charge in [0.2, 0.25) is 11.9 Å². The van der Waals surface area contributed by atoms with Gasteiger partial charge in [-0.2, -0.15) is 5.21 Å². The van der Waals surface area contributed by atoms with E-state index in [-0.39, 0.29) is 5.82 Å². The molecule has 1 rings (SSSR count). The van der Waals surface area contributed by atoms with Crippen LogP contribution in [0.5, 0.6) is 0 Å². The van der Waals surface area contributed by atoms with Gasteiger partial charge in [-0.3, -0.25) is 0 Å². The van der Waals surface area contributed by atoms with Crippen LogP contribution in [-0.4, -0.2) is 38.8 Å². The van der Waals surface area contributed by atoms with E-state index in [0.29, 0.717) is 0 Å². The summed E-state index contributed by atoms with van der Waals surface area (Å²) in [4.78, 5) is 10.6. The van der Waals surface area contributed by atoms with Crippen LogP contribution in [0, 0.1) is 0 Å². The molecule has 1 aromatic heterocycles. The third-order valence-electron chi connectivity index (χ3n) is 1.03. The molecule has 1 unspecified atom stereocenters. The molecule has 7 nitrogen and oxygen atoms in total. The van der Waals surface area contributed by atoms with E-state index in [9.17, 15) is 4.79 Å². The van der Waals surface area contributed by atoms with Crippen LogP contribution in [0.4, 0.5) is 0 Å². The summed E-state index contributed by atoms with van der Waals surface area (Å²) in [6.45, 7) is 0. The molecule has 0 fully saturated rings. The Bertz CT molecular complexity index is 233. The minimum atomic E-state index is -1.46. The summed E-state index contributed by atoms with van der Waals surface area (Å²) in [5.41, 5.74) is 0. The zero-order valence-corrected chi connectivity index (χ0v) is 5.68. The number of hydrogen-bond acceptors (Lipinski definition) is 6. The van der Waals surface area contributed by atoms with E-state index in [2.05, 4.69) is 25.4 Å². The second-order valence-electron chi connectivity index (χ2n) is 1.70. The van der Waals surface area contributed by atoms with Crippen molar-refractivity contribution in [3.05, 3.63) is 5.82 Å². The number of aromatic nitrogens is 4. The quantitative estimate of drug-likeness (QED) is 0.503. The van der Waals surface area contributed by atoms with Crippen molar-refractivity contribution in [2.75, 3.05) is 7.11 Å². The number of H-pyrrole nitrogens is 1. The number of ether oxygens (including phenoxy) is 1. The Balaban J connectivity index is 2.70. The predicted octanol–water partition coefficient (Wildman–Crippen LogP) is -1.59. The second kappa shape index (κ2) is 3.06. The highest BCUT2D eigenvalue weighted by molar-refractivity contribution is 5.74. The van der Waals surface area contributed by atoms with Gasteiger partial charge in [0.15, 0.2) is 0 Å². The molecule has 0 amide bonds. The molecule has 0 aliphatic rings. The molecule has 7 heteroatoms. The normalized spacial score (nSPS) is 12.5. The summed E-state index contributed by atoms with van der Waals surface area (Å²) in [7, 11) is 1.16. The van der Waals surface area contributed by atoms with Gasteiger partial charge in [-0.25, -0.2) is 4.79 Å². The molecule has 0 aromatic carbocycles. The van der Waals surface area contributed by atoms with Crippen molar-refractivity contribution < 1.29 is 14.6 Å². The molecule has 0 aliphatic carbocycles. The SMILES string of the molecule is COC(=O)C(O)c1nn[nH]n1. The highest BCUT2D eigenvalue weighted by Gasteiger charge is 2.21. The molecule has 11 heavy (non-hydrogen) atoms. The number of nitrogens with one attached hydrogen (secondary N) is 1. The number of methoxy groups -OCH3 is 1. The fraction of sp³-hybridized carbons (Fsp3) is 0.500. The summed E-state index contributed by atoms with van der Waals surface area (Å²) in [6.07, 6.45) is -1.46. The van der Waals surface area contributed by atoms with Gasteiger partial charge in [-0.15, -0.1) is 10.2 Å². The van der Waals surface area contributed by atoms with Gasteiger partial charge in [-0.05, 0) is 0 Å². The van der Waals surface area contributed by atoms with E-state index in [1.807, 2.05) is 0 Å². The lowest BCUT2D eigenvalue weighted by atomic mass is 10.3. The summed E-state index contributed by atoms with van der Waals surface area (Å²) >= 11 is 0. The molecule has 2 N–H and O–H groups in total. The number of hydrogen-bond donors (Lipinski definition) is 2. The van der Waals surface area contributed by atoms with Crippen LogP contribution in [0.15, 0.2) is 0 Å². The first-order valence-corrected chi connectivity index (χ1v) is 2.75. The van der Waals surface area contributed by atoms with E-state index in [1.165, 1.54) is 0 Å². The Labute approximate surface area is 61.4 Å². The molecular formula is C4H6N4O3. The van der Waals surface area contributed by atoms with Crippen molar-refractivity contribution in [2.45, 2.75) is 6.10 Å². The third-order valence-corrected chi connectivity index (χ3v) is 1.03. The molecule has 0 saturated carbocycles. The minimum absolute atomic E-state index is 0.100. The maximum atomic E-state index is 10.6. The molecule has 1 aromatic rings. The lowest BCUT2D eigenvalue weighted by molar-refractivity contribution is -0.151. The van der Waals surface area contributed by atoms with Crippen LogP contribution in [0.2, 0.25) is 0 Å². The molecule has 0 spiro atoms. The molecule has 0 saturated heterocycles. The zero-order chi connectivity index (χ0) is 8.27. The zero-order valence-electron chi connectivity index (χ0n) is 5.68. The number of nitrogens with zero attached hydrogens (tertiary/aromatic N) is 3. The summed E-state index contributed by atoms with van der Waals surface area (Å²) in [5, 5.41) is 21.0. The van der Waals surface area contributed by atoms with Gasteiger partial charge in [0, 0.05) is 0 Å². The number of carbonyl (C=O) groups is 1. The Morgan fingerprint density at radius 1 is 1.82 bits per heavy atom. The third kappa shape index (κ3) is 1.49. The fourth-order valence-corrected chi connectivity index (χ4v) is 0.502. The topological polar surface area (TPSA) is 101 Å². The number of carbonyl (C=O) groups excluding carboxylic acids is 1. The van der Waals surface area contributed by atoms with E-state index in [4.69, 9.17) is 5.11 Å². The van der Waals surface area contributed by atoms with Crippen molar-refractivity contribution >= 4 is 5.97 Å². The molecule has 1 atom stereocenters. The maximum absolute atomic E-state index is 10.6. The first kappa shape index (κ1) is 7.61. The number of esters is 1. The summed E-state index contributed by atoms with van der Waals surface area (Å²) < 4.78 is 4.23. The first-order valence-electron chi connectivity index (χ1n) is 2.75. The molecular weight excluding hydrogens is 152 g/mol. The van der Waals surface area contributed by atoms with Crippen LogP contribution < -0.4 is 0 Å². The molecule has 0 aliphatic heterocycles. The van der Waals surface area contributed by atoms with Crippen molar-refractivity contribution in [3.63, 3.8) is 0 Å². The maximum Gasteiger partial charge on any atom is 0.342 e.